The Bertz CT molecular complexity index is 1230. The summed E-state index contributed by atoms with van der Waals surface area (Å²) in [5.41, 5.74) is 4.16. The van der Waals surface area contributed by atoms with Gasteiger partial charge in [-0.1, -0.05) is 29.8 Å². The average Bonchev–Trinajstić information content (AvgIpc) is 3.24. The van der Waals surface area contributed by atoms with E-state index in [0.717, 1.165) is 16.8 Å². The second kappa shape index (κ2) is 6.44. The monoisotopic (exact) mass is 420 g/mol. The molecule has 5 rings (SSSR count). The maximum Gasteiger partial charge on any atom is 0.242 e. The van der Waals surface area contributed by atoms with Crippen LogP contribution in [-0.2, 0) is 15.0 Å². The smallest absolute Gasteiger partial charge is 0.242 e. The number of likely N-dealkylation sites (N-methyl/N-ethyl adjacent to an activating group) is 1. The molecule has 2 amide bonds. The van der Waals surface area contributed by atoms with E-state index in [1.165, 1.54) is 5.56 Å². The lowest BCUT2D eigenvalue weighted by molar-refractivity contribution is -0.126. The Balaban J connectivity index is 1.78. The lowest BCUT2D eigenvalue weighted by Gasteiger charge is -2.32. The SMILES string of the molecule is CCN1C(=O)C2(CC(=O)Nc3c2cnn3-c2ccc(C)c(C)c2)c2cccc(Cl)c21. The fourth-order valence-electron chi connectivity index (χ4n) is 4.66. The fourth-order valence-corrected chi connectivity index (χ4v) is 4.94. The van der Waals surface area contributed by atoms with Gasteiger partial charge in [-0.2, -0.15) is 5.10 Å². The number of hydrogen-bond acceptors (Lipinski definition) is 3. The molecule has 0 saturated carbocycles. The van der Waals surface area contributed by atoms with Crippen LogP contribution in [0.3, 0.4) is 0 Å². The number of fused-ring (bicyclic) bond motifs is 4. The molecule has 0 fully saturated rings. The highest BCUT2D eigenvalue weighted by molar-refractivity contribution is 6.35. The summed E-state index contributed by atoms with van der Waals surface area (Å²) in [6.07, 6.45) is 1.73. The summed E-state index contributed by atoms with van der Waals surface area (Å²) in [5.74, 6) is 0.181. The number of benzene rings is 2. The van der Waals surface area contributed by atoms with E-state index in [0.29, 0.717) is 28.6 Å². The van der Waals surface area contributed by atoms with Gasteiger partial charge in [0.15, 0.2) is 0 Å². The lowest BCUT2D eigenvalue weighted by Crippen LogP contribution is -2.46. The van der Waals surface area contributed by atoms with Gasteiger partial charge in [0.2, 0.25) is 11.8 Å². The molecule has 2 aromatic carbocycles. The van der Waals surface area contributed by atoms with Gasteiger partial charge in [0, 0.05) is 18.5 Å². The van der Waals surface area contributed by atoms with Crippen molar-refractivity contribution >= 4 is 34.9 Å². The fraction of sp³-hybridized carbons (Fsp3) is 0.261. The quantitative estimate of drug-likeness (QED) is 0.677. The van der Waals surface area contributed by atoms with Gasteiger partial charge in [0.1, 0.15) is 11.2 Å². The van der Waals surface area contributed by atoms with Crippen LogP contribution in [0, 0.1) is 13.8 Å². The van der Waals surface area contributed by atoms with Crippen LogP contribution in [-0.4, -0.2) is 28.1 Å². The van der Waals surface area contributed by atoms with Crippen LogP contribution < -0.4 is 10.2 Å². The van der Waals surface area contributed by atoms with Gasteiger partial charge < -0.3 is 10.2 Å². The zero-order chi connectivity index (χ0) is 21.2. The van der Waals surface area contributed by atoms with Crippen molar-refractivity contribution in [2.24, 2.45) is 0 Å². The van der Waals surface area contributed by atoms with Crippen molar-refractivity contribution in [2.75, 3.05) is 16.8 Å². The van der Waals surface area contributed by atoms with E-state index in [9.17, 15) is 9.59 Å². The van der Waals surface area contributed by atoms with Crippen LogP contribution in [0.25, 0.3) is 5.69 Å². The molecule has 3 heterocycles. The van der Waals surface area contributed by atoms with Gasteiger partial charge in [-0.05, 0) is 55.7 Å². The summed E-state index contributed by atoms with van der Waals surface area (Å²) < 4.78 is 1.70. The van der Waals surface area contributed by atoms with Crippen molar-refractivity contribution in [2.45, 2.75) is 32.6 Å². The van der Waals surface area contributed by atoms with Crippen molar-refractivity contribution in [1.82, 2.24) is 9.78 Å². The number of aryl methyl sites for hydroxylation is 2. The second-order valence-electron chi connectivity index (χ2n) is 7.90. The first-order chi connectivity index (χ1) is 14.4. The third kappa shape index (κ3) is 2.34. The Hall–Kier alpha value is -3.12. The predicted octanol–water partition coefficient (Wildman–Crippen LogP) is 4.14. The van der Waals surface area contributed by atoms with Crippen molar-refractivity contribution in [3.8, 4) is 5.69 Å². The van der Waals surface area contributed by atoms with Crippen LogP contribution in [0.1, 0.15) is 35.6 Å². The number of nitrogens with one attached hydrogen (secondary N) is 1. The van der Waals surface area contributed by atoms with Crippen LogP contribution >= 0.6 is 11.6 Å². The maximum absolute atomic E-state index is 13.7. The molecule has 1 unspecified atom stereocenters. The standard InChI is InChI=1S/C23H21ClN4O2/c1-4-27-20-16(6-5-7-18(20)24)23(22(27)30)11-19(29)26-21-17(23)12-25-28(21)15-9-8-13(2)14(3)10-15/h5-10,12H,4,11H2,1-3H3,(H,26,29). The molecule has 0 radical (unpaired) electrons. The molecule has 1 N–H and O–H groups in total. The Morgan fingerprint density at radius 3 is 2.67 bits per heavy atom. The first kappa shape index (κ1) is 18.9. The molecule has 6 nitrogen and oxygen atoms in total. The Morgan fingerprint density at radius 2 is 1.93 bits per heavy atom. The van der Waals surface area contributed by atoms with Crippen LogP contribution in [0.4, 0.5) is 11.5 Å². The molecule has 152 valence electrons. The second-order valence-corrected chi connectivity index (χ2v) is 8.31. The molecule has 1 aromatic heterocycles. The molecule has 2 aliphatic rings. The summed E-state index contributed by atoms with van der Waals surface area (Å²) >= 11 is 6.49. The Kier molecular flexibility index (Phi) is 4.05. The van der Waals surface area contributed by atoms with Crippen molar-refractivity contribution in [3.05, 3.63) is 69.9 Å². The van der Waals surface area contributed by atoms with E-state index >= 15 is 0 Å². The van der Waals surface area contributed by atoms with Crippen LogP contribution in [0.2, 0.25) is 5.02 Å². The van der Waals surface area contributed by atoms with E-state index in [1.807, 2.05) is 51.1 Å². The number of nitrogens with zero attached hydrogens (tertiary/aromatic N) is 3. The highest BCUT2D eigenvalue weighted by Crippen LogP contribution is 2.54. The Morgan fingerprint density at radius 1 is 1.13 bits per heavy atom. The molecule has 0 saturated heterocycles. The molecule has 2 aliphatic heterocycles. The average molecular weight is 421 g/mol. The summed E-state index contributed by atoms with van der Waals surface area (Å²) in [7, 11) is 0. The molecule has 3 aromatic rings. The topological polar surface area (TPSA) is 67.2 Å². The van der Waals surface area contributed by atoms with E-state index in [2.05, 4.69) is 10.4 Å². The largest absolute Gasteiger partial charge is 0.310 e. The number of anilines is 2. The summed E-state index contributed by atoms with van der Waals surface area (Å²) in [6, 6.07) is 11.5. The molecular formula is C23H21ClN4O2. The number of carbonyl (C=O) groups excluding carboxylic acids is 2. The van der Waals surface area contributed by atoms with E-state index < -0.39 is 5.41 Å². The number of hydrogen-bond donors (Lipinski definition) is 1. The number of para-hydroxylation sites is 1. The zero-order valence-electron chi connectivity index (χ0n) is 17.0. The summed E-state index contributed by atoms with van der Waals surface area (Å²) in [4.78, 5) is 28.3. The number of halogens is 1. The van der Waals surface area contributed by atoms with Crippen LogP contribution in [0.5, 0.6) is 0 Å². The highest BCUT2D eigenvalue weighted by atomic mass is 35.5. The van der Waals surface area contributed by atoms with Crippen LogP contribution in [0.15, 0.2) is 42.6 Å². The first-order valence-corrected chi connectivity index (χ1v) is 10.3. The minimum Gasteiger partial charge on any atom is -0.310 e. The van der Waals surface area contributed by atoms with E-state index in [-0.39, 0.29) is 18.2 Å². The van der Waals surface area contributed by atoms with Gasteiger partial charge in [-0.25, -0.2) is 4.68 Å². The molecule has 7 heteroatoms. The number of carbonyl (C=O) groups is 2. The molecule has 1 atom stereocenters. The van der Waals surface area contributed by atoms with E-state index in [1.54, 1.807) is 21.8 Å². The number of aromatic nitrogens is 2. The van der Waals surface area contributed by atoms with Gasteiger partial charge in [0.05, 0.1) is 22.6 Å². The van der Waals surface area contributed by atoms with E-state index in [4.69, 9.17) is 11.6 Å². The van der Waals surface area contributed by atoms with Gasteiger partial charge >= 0.3 is 0 Å². The van der Waals surface area contributed by atoms with Crippen molar-refractivity contribution < 1.29 is 9.59 Å². The molecular weight excluding hydrogens is 400 g/mol. The Labute approximate surface area is 179 Å². The summed E-state index contributed by atoms with van der Waals surface area (Å²) in [5, 5.41) is 8.03. The van der Waals surface area contributed by atoms with Gasteiger partial charge in [0.25, 0.3) is 0 Å². The molecule has 1 spiro atoms. The number of rotatable bonds is 2. The third-order valence-corrected chi connectivity index (χ3v) is 6.60. The van der Waals surface area contributed by atoms with Gasteiger partial charge in [-0.15, -0.1) is 0 Å². The van der Waals surface area contributed by atoms with Crippen molar-refractivity contribution in [3.63, 3.8) is 0 Å². The molecule has 30 heavy (non-hydrogen) atoms. The zero-order valence-corrected chi connectivity index (χ0v) is 17.7. The normalized spacial score (nSPS) is 19.8. The number of amides is 2. The highest BCUT2D eigenvalue weighted by Gasteiger charge is 2.57. The minimum absolute atomic E-state index is 0.0291. The summed E-state index contributed by atoms with van der Waals surface area (Å²) in [6.45, 7) is 6.46. The third-order valence-electron chi connectivity index (χ3n) is 6.29. The molecule has 0 aliphatic carbocycles. The molecule has 0 bridgehead atoms. The first-order valence-electron chi connectivity index (χ1n) is 9.95. The minimum atomic E-state index is -1.12. The van der Waals surface area contributed by atoms with Gasteiger partial charge in [-0.3, -0.25) is 9.59 Å². The van der Waals surface area contributed by atoms with Crippen molar-refractivity contribution in [1.29, 1.82) is 0 Å². The lowest BCUT2D eigenvalue weighted by atomic mass is 9.72. The maximum atomic E-state index is 13.7. The predicted molar refractivity (Wildman–Crippen MR) is 117 cm³/mol.